The van der Waals surface area contributed by atoms with Crippen molar-refractivity contribution in [3.8, 4) is 17.6 Å². The maximum absolute atomic E-state index is 14.2. The number of carbonyl (C=O) groups is 2. The van der Waals surface area contributed by atoms with E-state index in [0.717, 1.165) is 47.7 Å². The average molecular weight is 849 g/mol. The number of aromatic amines is 1. The van der Waals surface area contributed by atoms with Gasteiger partial charge in [-0.05, 0) is 71.4 Å². The number of ketones is 1. The lowest BCUT2D eigenvalue weighted by atomic mass is 9.93. The highest BCUT2D eigenvalue weighted by atomic mass is 127. The van der Waals surface area contributed by atoms with Crippen LogP contribution in [0.25, 0.3) is 27.1 Å². The van der Waals surface area contributed by atoms with E-state index >= 15 is 0 Å². The highest BCUT2D eigenvalue weighted by Crippen LogP contribution is 2.35. The van der Waals surface area contributed by atoms with Crippen molar-refractivity contribution in [1.29, 1.82) is 0 Å². The van der Waals surface area contributed by atoms with Gasteiger partial charge in [-0.25, -0.2) is 14.6 Å². The fourth-order valence-corrected chi connectivity index (χ4v) is 6.81. The van der Waals surface area contributed by atoms with Crippen LogP contribution in [0.15, 0.2) is 54.6 Å². The van der Waals surface area contributed by atoms with Crippen LogP contribution in [-0.4, -0.2) is 82.7 Å². The molecule has 11 nitrogen and oxygen atoms in total. The number of halogens is 1. The van der Waals surface area contributed by atoms with Gasteiger partial charge in [0, 0.05) is 43.0 Å². The molecule has 0 aliphatic carbocycles. The maximum Gasteiger partial charge on any atom is 0.312 e. The van der Waals surface area contributed by atoms with Gasteiger partial charge in [-0.2, -0.15) is 5.10 Å². The minimum atomic E-state index is -0.665. The average Bonchev–Trinajstić information content (AvgIpc) is 3.81. The number of piperidine rings is 1. The molecule has 1 fully saturated rings. The number of nitrogens with zero attached hydrogens (tertiary/aromatic N) is 6. The summed E-state index contributed by atoms with van der Waals surface area (Å²) in [4.78, 5) is 46.9. The van der Waals surface area contributed by atoms with Gasteiger partial charge in [-0.1, -0.05) is 78.0 Å². The standard InChI is InChI=1S/C42H54IN7O4/c1-8-10-17-32(14-9-2)44-24-33(30-15-12-11-13-16-30)31-18-21-49(22-19-31)40(52)38(51)34-25-45-37-36(34)35(26-46-39(37)50-28-47-29(3)48-50)54-41(4,5)20-23-53-42(6,7)27-43/h11-13,15-16,25-26,28,32H,8-10,14,17-23,27H2,1-7H3/p+1. The lowest BCUT2D eigenvalue weighted by molar-refractivity contribution is -0.126. The summed E-state index contributed by atoms with van der Waals surface area (Å²) in [6.07, 6.45) is 12.0. The topological polar surface area (TPSA) is 120 Å². The first-order valence-corrected chi connectivity index (χ1v) is 20.7. The van der Waals surface area contributed by atoms with Gasteiger partial charge >= 0.3 is 6.07 Å². The lowest BCUT2D eigenvalue weighted by Crippen LogP contribution is -2.40. The number of Topliss-reactive ketones (excluding diaryl/α,β-unsaturated/α-hetero) is 1. The van der Waals surface area contributed by atoms with Gasteiger partial charge in [0.1, 0.15) is 29.1 Å². The summed E-state index contributed by atoms with van der Waals surface area (Å²) >= 11 is 2.32. The van der Waals surface area contributed by atoms with E-state index in [2.05, 4.69) is 88.5 Å². The third-order valence-corrected chi connectivity index (χ3v) is 11.6. The van der Waals surface area contributed by atoms with E-state index in [1.54, 1.807) is 35.2 Å². The van der Waals surface area contributed by atoms with Crippen molar-refractivity contribution in [2.24, 2.45) is 0 Å². The predicted molar refractivity (Wildman–Crippen MR) is 223 cm³/mol. The summed E-state index contributed by atoms with van der Waals surface area (Å²) in [6, 6.07) is 14.0. The van der Waals surface area contributed by atoms with Crippen LogP contribution in [0.4, 0.5) is 0 Å². The van der Waals surface area contributed by atoms with Gasteiger partial charge in [0.2, 0.25) is 0 Å². The van der Waals surface area contributed by atoms with Gasteiger partial charge in [-0.15, -0.1) is 0 Å². The normalized spacial score (nSPS) is 14.1. The predicted octanol–water partition coefficient (Wildman–Crippen LogP) is 9.18. The van der Waals surface area contributed by atoms with Crippen LogP contribution >= 0.6 is 22.6 Å². The van der Waals surface area contributed by atoms with Gasteiger partial charge in [-0.3, -0.25) is 9.59 Å². The molecule has 1 N–H and O–H groups in total. The van der Waals surface area contributed by atoms with E-state index in [-0.39, 0.29) is 17.2 Å². The Hall–Kier alpha value is -4.09. The smallest absolute Gasteiger partial charge is 0.312 e. The number of benzene rings is 1. The Balaban J connectivity index is 1.41. The first kappa shape index (κ1) is 41.1. The highest BCUT2D eigenvalue weighted by Gasteiger charge is 2.32. The maximum atomic E-state index is 14.2. The van der Waals surface area contributed by atoms with Crippen molar-refractivity contribution >= 4 is 50.8 Å². The number of allylic oxidation sites excluding steroid dienone is 1. The molecule has 3 aromatic heterocycles. The van der Waals surface area contributed by atoms with E-state index in [4.69, 9.17) is 14.3 Å². The number of hydrogen-bond donors (Lipinski definition) is 1. The number of ether oxygens (including phenoxy) is 2. The number of aryl methyl sites for hydroxylation is 1. The number of unbranched alkanes of at least 4 members (excludes halogenated alkanes) is 1. The van der Waals surface area contributed by atoms with E-state index in [9.17, 15) is 9.59 Å². The zero-order valence-electron chi connectivity index (χ0n) is 32.9. The van der Waals surface area contributed by atoms with Crippen LogP contribution in [0.3, 0.4) is 0 Å². The Kier molecular flexibility index (Phi) is 14.1. The molecule has 1 aliphatic rings. The van der Waals surface area contributed by atoms with E-state index in [1.165, 1.54) is 5.57 Å². The SMILES string of the molecule is CCCCC(CCC)[N+]#CC(=C1CCN(C(=O)C(=O)c2c[nH]c3c(-n4cnc(C)n4)ncc(OC(C)(C)CCOC(C)(C)CI)c23)CC1)c1ccccc1. The second kappa shape index (κ2) is 18.5. The molecule has 54 heavy (non-hydrogen) atoms. The molecule has 12 heteroatoms. The van der Waals surface area contributed by atoms with Gasteiger partial charge in [0.15, 0.2) is 5.82 Å². The number of pyridine rings is 1. The molecule has 0 radical (unpaired) electrons. The molecule has 0 bridgehead atoms. The number of carbonyl (C=O) groups excluding carboxylic acids is 2. The number of aromatic nitrogens is 5. The fraction of sp³-hybridized carbons (Fsp3) is 0.524. The van der Waals surface area contributed by atoms with Gasteiger partial charge in [0.05, 0.1) is 34.9 Å². The number of nitrogens with one attached hydrogen (secondary N) is 1. The van der Waals surface area contributed by atoms with Crippen LogP contribution in [0, 0.1) is 13.0 Å². The zero-order valence-corrected chi connectivity index (χ0v) is 35.0. The van der Waals surface area contributed by atoms with E-state index in [0.29, 0.717) is 67.3 Å². The number of fused-ring (bicyclic) bond motifs is 1. The molecule has 4 aromatic rings. The molecule has 1 saturated heterocycles. The number of alkyl halides is 1. The summed E-state index contributed by atoms with van der Waals surface area (Å²) in [5, 5.41) is 4.93. The first-order valence-electron chi connectivity index (χ1n) is 19.2. The van der Waals surface area contributed by atoms with Crippen molar-refractivity contribution in [3.63, 3.8) is 0 Å². The number of hydrogen-bond acceptors (Lipinski definition) is 7. The molecular formula is C42H55IN7O4+. The number of rotatable bonds is 16. The highest BCUT2D eigenvalue weighted by molar-refractivity contribution is 14.1. The molecular weight excluding hydrogens is 793 g/mol. The van der Waals surface area contributed by atoms with Crippen LogP contribution in [0.5, 0.6) is 5.75 Å². The van der Waals surface area contributed by atoms with Crippen LogP contribution in [0.2, 0.25) is 0 Å². The molecule has 0 saturated carbocycles. The van der Waals surface area contributed by atoms with E-state index in [1.807, 2.05) is 32.0 Å². The summed E-state index contributed by atoms with van der Waals surface area (Å²) in [6.45, 7) is 15.6. The summed E-state index contributed by atoms with van der Waals surface area (Å²) < 4.78 is 15.1. The van der Waals surface area contributed by atoms with Gasteiger partial charge in [0.25, 0.3) is 17.7 Å². The Morgan fingerprint density at radius 3 is 2.43 bits per heavy atom. The molecule has 0 spiro atoms. The van der Waals surface area contributed by atoms with E-state index < -0.39 is 17.3 Å². The van der Waals surface area contributed by atoms with Crippen molar-refractivity contribution in [2.45, 2.75) is 117 Å². The second-order valence-corrected chi connectivity index (χ2v) is 16.0. The van der Waals surface area contributed by atoms with Crippen molar-refractivity contribution in [3.05, 3.63) is 76.4 Å². The molecule has 1 amide bonds. The number of amides is 1. The molecule has 1 aromatic carbocycles. The van der Waals surface area contributed by atoms with Crippen LogP contribution in [0.1, 0.15) is 115 Å². The Morgan fingerprint density at radius 2 is 1.78 bits per heavy atom. The molecule has 1 aliphatic heterocycles. The summed E-state index contributed by atoms with van der Waals surface area (Å²) in [5.41, 5.74) is 3.10. The quantitative estimate of drug-likeness (QED) is 0.0393. The minimum Gasteiger partial charge on any atom is -0.485 e. The summed E-state index contributed by atoms with van der Waals surface area (Å²) in [7, 11) is 0. The lowest BCUT2D eigenvalue weighted by Gasteiger charge is -2.30. The van der Waals surface area contributed by atoms with Crippen molar-refractivity contribution in [2.75, 3.05) is 24.1 Å². The van der Waals surface area contributed by atoms with Crippen molar-refractivity contribution < 1.29 is 19.1 Å². The third kappa shape index (κ3) is 10.4. The molecule has 1 atom stereocenters. The fourth-order valence-electron chi connectivity index (χ4n) is 6.59. The molecule has 5 rings (SSSR count). The van der Waals surface area contributed by atoms with Crippen molar-refractivity contribution in [1.82, 2.24) is 29.6 Å². The zero-order chi connectivity index (χ0) is 38.9. The number of H-pyrrole nitrogens is 1. The molecule has 288 valence electrons. The third-order valence-electron chi connectivity index (χ3n) is 9.76. The molecule has 4 heterocycles. The number of likely N-dealkylation sites (tertiary alicyclic amines) is 1. The second-order valence-electron chi connectivity index (χ2n) is 15.3. The monoisotopic (exact) mass is 848 g/mol. The van der Waals surface area contributed by atoms with Crippen LogP contribution < -0.4 is 4.74 Å². The van der Waals surface area contributed by atoms with Crippen LogP contribution in [-0.2, 0) is 9.53 Å². The Bertz CT molecular complexity index is 1990. The first-order chi connectivity index (χ1) is 25.9. The summed E-state index contributed by atoms with van der Waals surface area (Å²) in [5.74, 6) is 0.266. The Morgan fingerprint density at radius 1 is 1.04 bits per heavy atom. The van der Waals surface area contributed by atoms with Gasteiger partial charge < -0.3 is 19.4 Å². The largest absolute Gasteiger partial charge is 0.485 e. The minimum absolute atomic E-state index is 0.226. The Labute approximate surface area is 333 Å². The molecule has 1 unspecified atom stereocenters.